The Morgan fingerprint density at radius 1 is 1.14 bits per heavy atom. The van der Waals surface area contributed by atoms with Crippen molar-refractivity contribution in [3.8, 4) is 11.5 Å². The van der Waals surface area contributed by atoms with E-state index in [2.05, 4.69) is 5.32 Å². The second-order valence-corrected chi connectivity index (χ2v) is 5.83. The van der Waals surface area contributed by atoms with E-state index in [9.17, 15) is 14.0 Å². The molecule has 0 unspecified atom stereocenters. The Labute approximate surface area is 166 Å². The summed E-state index contributed by atoms with van der Waals surface area (Å²) < 4.78 is 29.0. The molecule has 0 aliphatic heterocycles. The number of carbonyl (C=O) groups is 2. The van der Waals surface area contributed by atoms with Gasteiger partial charge in [-0.3, -0.25) is 4.79 Å². The van der Waals surface area contributed by atoms with Crippen LogP contribution in [0.5, 0.6) is 11.5 Å². The number of amides is 1. The van der Waals surface area contributed by atoms with Crippen LogP contribution in [-0.2, 0) is 14.3 Å². The monoisotopic (exact) mass is 407 g/mol. The lowest BCUT2D eigenvalue weighted by Gasteiger charge is -2.10. The van der Waals surface area contributed by atoms with Crippen LogP contribution in [0.15, 0.2) is 48.5 Å². The second kappa shape index (κ2) is 10.9. The van der Waals surface area contributed by atoms with Gasteiger partial charge in [0.2, 0.25) is 0 Å². The lowest BCUT2D eigenvalue weighted by molar-refractivity contribution is -0.143. The van der Waals surface area contributed by atoms with Crippen molar-refractivity contribution in [3.63, 3.8) is 0 Å². The Bertz CT molecular complexity index is 836. The molecule has 0 spiro atoms. The number of para-hydroxylation sites is 2. The number of hydrogen-bond donors (Lipinski definition) is 1. The van der Waals surface area contributed by atoms with Gasteiger partial charge in [-0.2, -0.15) is 0 Å². The molecular weight excluding hydrogens is 389 g/mol. The third-order valence-corrected chi connectivity index (χ3v) is 3.81. The first-order valence-corrected chi connectivity index (χ1v) is 8.70. The molecule has 0 atom stereocenters. The maximum atomic E-state index is 13.6. The Hall–Kier alpha value is -3.06. The molecule has 2 aromatic carbocycles. The number of carbonyl (C=O) groups excluding carboxylic acids is 2. The average Bonchev–Trinajstić information content (AvgIpc) is 2.69. The van der Waals surface area contributed by atoms with Gasteiger partial charge in [0, 0.05) is 11.6 Å². The molecule has 0 aromatic heterocycles. The topological polar surface area (TPSA) is 73.9 Å². The molecular formula is C20H19ClFNO5. The first kappa shape index (κ1) is 21.2. The highest BCUT2D eigenvalue weighted by molar-refractivity contribution is 6.32. The van der Waals surface area contributed by atoms with Crippen LogP contribution in [0.2, 0.25) is 5.02 Å². The van der Waals surface area contributed by atoms with Crippen molar-refractivity contribution in [1.29, 1.82) is 0 Å². The van der Waals surface area contributed by atoms with Crippen LogP contribution in [0.3, 0.4) is 0 Å². The number of hydrogen-bond acceptors (Lipinski definition) is 5. The van der Waals surface area contributed by atoms with E-state index >= 15 is 0 Å². The largest absolute Gasteiger partial charge is 0.493 e. The summed E-state index contributed by atoms with van der Waals surface area (Å²) in [7, 11) is 1.53. The van der Waals surface area contributed by atoms with Gasteiger partial charge < -0.3 is 19.5 Å². The van der Waals surface area contributed by atoms with Gasteiger partial charge in [0.25, 0.3) is 5.91 Å². The van der Waals surface area contributed by atoms with Crippen molar-refractivity contribution in [2.24, 2.45) is 0 Å². The molecule has 0 aliphatic rings. The van der Waals surface area contributed by atoms with Crippen molar-refractivity contribution in [1.82, 2.24) is 5.32 Å². The number of esters is 1. The van der Waals surface area contributed by atoms with E-state index in [1.807, 2.05) is 6.07 Å². The van der Waals surface area contributed by atoms with Crippen LogP contribution in [0, 0.1) is 5.82 Å². The highest BCUT2D eigenvalue weighted by Crippen LogP contribution is 2.25. The van der Waals surface area contributed by atoms with E-state index in [0.29, 0.717) is 11.5 Å². The van der Waals surface area contributed by atoms with E-state index < -0.39 is 24.3 Å². The van der Waals surface area contributed by atoms with Crippen molar-refractivity contribution in [2.75, 3.05) is 26.9 Å². The van der Waals surface area contributed by atoms with E-state index in [1.165, 1.54) is 31.4 Å². The van der Waals surface area contributed by atoms with Crippen molar-refractivity contribution in [3.05, 3.63) is 64.9 Å². The van der Waals surface area contributed by atoms with Gasteiger partial charge >= 0.3 is 5.97 Å². The summed E-state index contributed by atoms with van der Waals surface area (Å²) >= 11 is 5.85. The number of nitrogens with one attached hydrogen (secondary N) is 1. The number of rotatable bonds is 9. The Morgan fingerprint density at radius 2 is 1.89 bits per heavy atom. The fourth-order valence-corrected chi connectivity index (χ4v) is 2.37. The molecule has 0 radical (unpaired) electrons. The SMILES string of the molecule is COc1ccccc1OCCNC(=O)COC(=O)/C=C/c1c(F)cccc1Cl. The van der Waals surface area contributed by atoms with Crippen molar-refractivity contribution >= 4 is 29.6 Å². The third-order valence-electron chi connectivity index (χ3n) is 3.48. The summed E-state index contributed by atoms with van der Waals surface area (Å²) in [4.78, 5) is 23.3. The first-order chi connectivity index (χ1) is 13.5. The summed E-state index contributed by atoms with van der Waals surface area (Å²) in [6.07, 6.45) is 2.20. The van der Waals surface area contributed by atoms with Gasteiger partial charge in [-0.1, -0.05) is 29.8 Å². The average molecular weight is 408 g/mol. The Kier molecular flexibility index (Phi) is 8.30. The molecule has 1 N–H and O–H groups in total. The summed E-state index contributed by atoms with van der Waals surface area (Å²) in [5.74, 6) is -0.703. The predicted molar refractivity (Wildman–Crippen MR) is 103 cm³/mol. The molecule has 0 saturated heterocycles. The van der Waals surface area contributed by atoms with Crippen molar-refractivity contribution in [2.45, 2.75) is 0 Å². The van der Waals surface area contributed by atoms with Crippen LogP contribution < -0.4 is 14.8 Å². The number of methoxy groups -OCH3 is 1. The van der Waals surface area contributed by atoms with Gasteiger partial charge in [-0.05, 0) is 30.3 Å². The molecule has 0 bridgehead atoms. The molecule has 0 aliphatic carbocycles. The Morgan fingerprint density at radius 3 is 2.61 bits per heavy atom. The lowest BCUT2D eigenvalue weighted by atomic mass is 10.2. The minimum Gasteiger partial charge on any atom is -0.493 e. The normalized spacial score (nSPS) is 10.5. The molecule has 2 rings (SSSR count). The second-order valence-electron chi connectivity index (χ2n) is 5.43. The van der Waals surface area contributed by atoms with Gasteiger partial charge in [-0.25, -0.2) is 9.18 Å². The quantitative estimate of drug-likeness (QED) is 0.392. The fourth-order valence-electron chi connectivity index (χ4n) is 2.15. The zero-order chi connectivity index (χ0) is 20.4. The van der Waals surface area contributed by atoms with E-state index in [1.54, 1.807) is 18.2 Å². The number of halogens is 2. The highest BCUT2D eigenvalue weighted by Gasteiger charge is 2.07. The molecule has 1 amide bonds. The maximum Gasteiger partial charge on any atom is 0.331 e. The fraction of sp³-hybridized carbons (Fsp3) is 0.200. The minimum absolute atomic E-state index is 0.0686. The maximum absolute atomic E-state index is 13.6. The first-order valence-electron chi connectivity index (χ1n) is 8.32. The summed E-state index contributed by atoms with van der Waals surface area (Å²) in [6.45, 7) is -0.0380. The van der Waals surface area contributed by atoms with Crippen LogP contribution >= 0.6 is 11.6 Å². The minimum atomic E-state index is -0.792. The molecule has 0 heterocycles. The van der Waals surface area contributed by atoms with Gasteiger partial charge in [0.1, 0.15) is 12.4 Å². The summed E-state index contributed by atoms with van der Waals surface area (Å²) in [5, 5.41) is 2.71. The van der Waals surface area contributed by atoms with Gasteiger partial charge in [0.15, 0.2) is 18.1 Å². The summed E-state index contributed by atoms with van der Waals surface area (Å²) in [6, 6.07) is 11.3. The van der Waals surface area contributed by atoms with Crippen LogP contribution in [0.25, 0.3) is 6.08 Å². The van der Waals surface area contributed by atoms with Crippen molar-refractivity contribution < 1.29 is 28.2 Å². The van der Waals surface area contributed by atoms with E-state index in [-0.39, 0.29) is 23.7 Å². The standard InChI is InChI=1S/C20H19ClFNO5/c1-26-17-7-2-3-8-18(17)27-12-11-23-19(24)13-28-20(25)10-9-14-15(21)5-4-6-16(14)22/h2-10H,11-13H2,1H3,(H,23,24)/b10-9+. The van der Waals surface area contributed by atoms with E-state index in [0.717, 1.165) is 6.08 Å². The lowest BCUT2D eigenvalue weighted by Crippen LogP contribution is -2.31. The summed E-state index contributed by atoms with van der Waals surface area (Å²) in [5.41, 5.74) is 0.0686. The molecule has 2 aromatic rings. The molecule has 28 heavy (non-hydrogen) atoms. The molecule has 6 nitrogen and oxygen atoms in total. The zero-order valence-corrected chi connectivity index (χ0v) is 15.9. The molecule has 0 fully saturated rings. The van der Waals surface area contributed by atoms with Crippen LogP contribution in [0.1, 0.15) is 5.56 Å². The van der Waals surface area contributed by atoms with Gasteiger partial charge in [0.05, 0.1) is 18.7 Å². The Balaban J connectivity index is 1.69. The number of ether oxygens (including phenoxy) is 3. The predicted octanol–water partition coefficient (Wildman–Crippen LogP) is 3.24. The van der Waals surface area contributed by atoms with Crippen LogP contribution in [-0.4, -0.2) is 38.7 Å². The molecule has 148 valence electrons. The zero-order valence-electron chi connectivity index (χ0n) is 15.1. The molecule has 0 saturated carbocycles. The third kappa shape index (κ3) is 6.59. The number of benzene rings is 2. The van der Waals surface area contributed by atoms with Gasteiger partial charge in [-0.15, -0.1) is 0 Å². The van der Waals surface area contributed by atoms with E-state index in [4.69, 9.17) is 25.8 Å². The highest BCUT2D eigenvalue weighted by atomic mass is 35.5. The van der Waals surface area contributed by atoms with Crippen LogP contribution in [0.4, 0.5) is 4.39 Å². The smallest absolute Gasteiger partial charge is 0.331 e. The molecule has 8 heteroatoms.